The van der Waals surface area contributed by atoms with E-state index in [1.807, 2.05) is 32.3 Å². The Labute approximate surface area is 172 Å². The van der Waals surface area contributed by atoms with Crippen molar-refractivity contribution in [2.24, 2.45) is 0 Å². The molecule has 0 spiro atoms. The first-order chi connectivity index (χ1) is 14.1. The molecule has 0 amide bonds. The number of ether oxygens (including phenoxy) is 1. The van der Waals surface area contributed by atoms with E-state index in [0.717, 1.165) is 34.5 Å². The highest BCUT2D eigenvalue weighted by Crippen LogP contribution is 2.23. The van der Waals surface area contributed by atoms with Gasteiger partial charge in [-0.05, 0) is 73.4 Å². The molecule has 0 aliphatic carbocycles. The quantitative estimate of drug-likeness (QED) is 0.354. The summed E-state index contributed by atoms with van der Waals surface area (Å²) in [4.78, 5) is 4.60. The van der Waals surface area contributed by atoms with Gasteiger partial charge in [-0.2, -0.15) is 0 Å². The lowest BCUT2D eigenvalue weighted by molar-refractivity contribution is 0.242. The molecule has 0 unspecified atom stereocenters. The van der Waals surface area contributed by atoms with E-state index in [0.29, 0.717) is 0 Å². The molecule has 0 bridgehead atoms. The maximum atomic E-state index is 5.73. The average molecular weight is 383 g/mol. The minimum Gasteiger partial charge on any atom is -0.491 e. The Kier molecular flexibility index (Phi) is 5.48. The first-order valence-corrected chi connectivity index (χ1v) is 10.1. The summed E-state index contributed by atoms with van der Waals surface area (Å²) in [6.45, 7) is 6.24. The van der Waals surface area contributed by atoms with Crippen molar-refractivity contribution in [2.75, 3.05) is 0 Å². The van der Waals surface area contributed by atoms with E-state index in [2.05, 4.69) is 83.2 Å². The van der Waals surface area contributed by atoms with Gasteiger partial charge in [0.15, 0.2) is 0 Å². The van der Waals surface area contributed by atoms with Crippen LogP contribution in [0.25, 0.3) is 28.9 Å². The predicted octanol–water partition coefficient (Wildman–Crippen LogP) is 6.55. The summed E-state index contributed by atoms with van der Waals surface area (Å²) in [6.07, 6.45) is 7.39. The molecular formula is C26H26N2O. The van der Waals surface area contributed by atoms with Gasteiger partial charge in [-0.15, -0.1) is 0 Å². The van der Waals surface area contributed by atoms with Crippen molar-refractivity contribution in [1.29, 1.82) is 0 Å². The molecule has 1 heterocycles. The zero-order chi connectivity index (χ0) is 20.2. The molecule has 3 heteroatoms. The number of benzene rings is 3. The van der Waals surface area contributed by atoms with Gasteiger partial charge in [0.25, 0.3) is 0 Å². The highest BCUT2D eigenvalue weighted by atomic mass is 16.5. The Morgan fingerprint density at radius 3 is 2.28 bits per heavy atom. The first-order valence-electron chi connectivity index (χ1n) is 10.1. The lowest BCUT2D eigenvalue weighted by Gasteiger charge is -2.10. The number of hydrogen-bond acceptors (Lipinski definition) is 2. The van der Waals surface area contributed by atoms with Crippen molar-refractivity contribution < 1.29 is 4.74 Å². The third kappa shape index (κ3) is 4.40. The number of rotatable bonds is 6. The molecule has 0 aliphatic rings. The molecule has 0 atom stereocenters. The maximum absolute atomic E-state index is 5.73. The van der Waals surface area contributed by atoms with Crippen LogP contribution >= 0.6 is 0 Å². The Balaban J connectivity index is 1.56. The minimum atomic E-state index is 0.172. The van der Waals surface area contributed by atoms with E-state index in [1.54, 1.807) is 0 Å². The van der Waals surface area contributed by atoms with Crippen LogP contribution in [-0.2, 0) is 6.42 Å². The summed E-state index contributed by atoms with van der Waals surface area (Å²) in [7, 11) is 0. The molecule has 0 N–H and O–H groups in total. The van der Waals surface area contributed by atoms with Gasteiger partial charge >= 0.3 is 0 Å². The number of hydrogen-bond donors (Lipinski definition) is 0. The second-order valence-corrected chi connectivity index (χ2v) is 7.45. The van der Waals surface area contributed by atoms with Crippen LogP contribution in [0.15, 0.2) is 73.1 Å². The Hall–Kier alpha value is -3.33. The molecule has 1 aromatic heterocycles. The number of nitrogens with zero attached hydrogens (tertiary/aromatic N) is 2. The third-order valence-electron chi connectivity index (χ3n) is 4.91. The van der Waals surface area contributed by atoms with Gasteiger partial charge in [-0.1, -0.05) is 49.4 Å². The summed E-state index contributed by atoms with van der Waals surface area (Å²) in [5.74, 6) is 0.882. The highest BCUT2D eigenvalue weighted by molar-refractivity contribution is 5.82. The zero-order valence-corrected chi connectivity index (χ0v) is 17.2. The van der Waals surface area contributed by atoms with E-state index in [-0.39, 0.29) is 6.10 Å². The molecule has 0 aliphatic heterocycles. The van der Waals surface area contributed by atoms with E-state index >= 15 is 0 Å². The van der Waals surface area contributed by atoms with Crippen LogP contribution < -0.4 is 4.74 Å². The molecule has 0 saturated carbocycles. The van der Waals surface area contributed by atoms with Crippen molar-refractivity contribution in [1.82, 2.24) is 9.55 Å². The van der Waals surface area contributed by atoms with Gasteiger partial charge in [-0.25, -0.2) is 4.98 Å². The molecule has 0 saturated heterocycles. The standard InChI is InChI=1S/C26H26N2O/c1-4-20-5-7-21(8-6-20)9-10-22-11-16-26-25(17-22)27-18-28(26)23-12-14-24(15-13-23)29-19(2)3/h5-19H,4H2,1-3H3/b10-9+. The molecule has 29 heavy (non-hydrogen) atoms. The number of fused-ring (bicyclic) bond motifs is 1. The van der Waals surface area contributed by atoms with E-state index < -0.39 is 0 Å². The molecule has 3 aromatic carbocycles. The predicted molar refractivity (Wildman–Crippen MR) is 122 cm³/mol. The van der Waals surface area contributed by atoms with E-state index in [9.17, 15) is 0 Å². The van der Waals surface area contributed by atoms with Crippen LogP contribution in [0.5, 0.6) is 5.75 Å². The summed E-state index contributed by atoms with van der Waals surface area (Å²) in [6, 6.07) is 23.2. The van der Waals surface area contributed by atoms with Crippen molar-refractivity contribution in [3.63, 3.8) is 0 Å². The van der Waals surface area contributed by atoms with Crippen LogP contribution in [0.1, 0.15) is 37.5 Å². The van der Waals surface area contributed by atoms with Crippen molar-refractivity contribution >= 4 is 23.2 Å². The van der Waals surface area contributed by atoms with E-state index in [4.69, 9.17) is 4.74 Å². The second-order valence-electron chi connectivity index (χ2n) is 7.45. The molecule has 0 fully saturated rings. The first kappa shape index (κ1) is 19.0. The molecule has 146 valence electrons. The summed E-state index contributed by atoms with van der Waals surface area (Å²) >= 11 is 0. The lowest BCUT2D eigenvalue weighted by atomic mass is 10.1. The van der Waals surface area contributed by atoms with Crippen LogP contribution in [0.2, 0.25) is 0 Å². The van der Waals surface area contributed by atoms with Gasteiger partial charge in [0.05, 0.1) is 17.1 Å². The average Bonchev–Trinajstić information content (AvgIpc) is 3.16. The van der Waals surface area contributed by atoms with Gasteiger partial charge in [0.1, 0.15) is 12.1 Å². The zero-order valence-electron chi connectivity index (χ0n) is 17.2. The smallest absolute Gasteiger partial charge is 0.119 e. The van der Waals surface area contributed by atoms with Gasteiger partial charge in [-0.3, -0.25) is 4.57 Å². The normalized spacial score (nSPS) is 11.6. The monoisotopic (exact) mass is 382 g/mol. The Morgan fingerprint density at radius 1 is 0.897 bits per heavy atom. The van der Waals surface area contributed by atoms with Gasteiger partial charge in [0, 0.05) is 5.69 Å². The fourth-order valence-corrected chi connectivity index (χ4v) is 3.35. The van der Waals surface area contributed by atoms with Crippen molar-refractivity contribution in [2.45, 2.75) is 33.3 Å². The molecule has 3 nitrogen and oxygen atoms in total. The summed E-state index contributed by atoms with van der Waals surface area (Å²) < 4.78 is 7.84. The lowest BCUT2D eigenvalue weighted by Crippen LogP contribution is -2.05. The van der Waals surface area contributed by atoms with Crippen LogP contribution in [0, 0.1) is 0 Å². The molecular weight excluding hydrogens is 356 g/mol. The van der Waals surface area contributed by atoms with Gasteiger partial charge in [0.2, 0.25) is 0 Å². The van der Waals surface area contributed by atoms with Crippen molar-refractivity contribution in [3.8, 4) is 11.4 Å². The maximum Gasteiger partial charge on any atom is 0.119 e. The summed E-state index contributed by atoms with van der Waals surface area (Å²) in [5.41, 5.74) is 6.85. The number of imidazole rings is 1. The van der Waals surface area contributed by atoms with Gasteiger partial charge < -0.3 is 4.74 Å². The molecule has 0 radical (unpaired) electrons. The SMILES string of the molecule is CCc1ccc(/C=C/c2ccc3c(c2)ncn3-c2ccc(OC(C)C)cc2)cc1. The van der Waals surface area contributed by atoms with Crippen molar-refractivity contribution in [3.05, 3.63) is 89.7 Å². The molecule has 4 aromatic rings. The Morgan fingerprint density at radius 2 is 1.59 bits per heavy atom. The van der Waals surface area contributed by atoms with Crippen LogP contribution in [-0.4, -0.2) is 15.7 Å². The largest absolute Gasteiger partial charge is 0.491 e. The molecule has 4 rings (SSSR count). The van der Waals surface area contributed by atoms with Crippen LogP contribution in [0.4, 0.5) is 0 Å². The fourth-order valence-electron chi connectivity index (χ4n) is 3.35. The minimum absolute atomic E-state index is 0.172. The second kappa shape index (κ2) is 8.36. The number of aryl methyl sites for hydroxylation is 1. The topological polar surface area (TPSA) is 27.1 Å². The fraction of sp³-hybridized carbons (Fsp3) is 0.192. The number of aromatic nitrogens is 2. The van der Waals surface area contributed by atoms with Crippen LogP contribution in [0.3, 0.4) is 0 Å². The Bertz CT molecular complexity index is 1120. The van der Waals surface area contributed by atoms with E-state index in [1.165, 1.54) is 11.1 Å². The summed E-state index contributed by atoms with van der Waals surface area (Å²) in [5, 5.41) is 0. The third-order valence-corrected chi connectivity index (χ3v) is 4.91. The highest BCUT2D eigenvalue weighted by Gasteiger charge is 2.06.